The maximum atomic E-state index is 11.2. The van der Waals surface area contributed by atoms with Gasteiger partial charge in [0.05, 0.1) is 0 Å². The van der Waals surface area contributed by atoms with E-state index in [9.17, 15) is 8.42 Å². The molecule has 18 heavy (non-hydrogen) atoms. The number of rotatable bonds is 4. The van der Waals surface area contributed by atoms with E-state index in [2.05, 4.69) is 29.0 Å². The van der Waals surface area contributed by atoms with E-state index in [1.54, 1.807) is 0 Å². The number of H-pyrrole nitrogens is 1. The first-order valence-electron chi connectivity index (χ1n) is 6.21. The van der Waals surface area contributed by atoms with E-state index in [0.29, 0.717) is 11.7 Å². The van der Waals surface area contributed by atoms with Gasteiger partial charge in [0.25, 0.3) is 14.2 Å². The van der Waals surface area contributed by atoms with Crippen LogP contribution in [-0.4, -0.2) is 23.6 Å². The van der Waals surface area contributed by atoms with E-state index in [-0.39, 0.29) is 10.6 Å². The molecule has 1 N–H and O–H groups in total. The molecule has 1 fully saturated rings. The van der Waals surface area contributed by atoms with Crippen LogP contribution in [0.15, 0.2) is 5.16 Å². The molecule has 5 nitrogen and oxygen atoms in total. The molecule has 1 aromatic rings. The number of halogens is 1. The van der Waals surface area contributed by atoms with Gasteiger partial charge in [-0.1, -0.05) is 26.7 Å². The van der Waals surface area contributed by atoms with Crippen LogP contribution in [0.5, 0.6) is 0 Å². The largest absolute Gasteiger partial charge is 0.298 e. The summed E-state index contributed by atoms with van der Waals surface area (Å²) < 4.78 is 22.4. The molecule has 0 amide bonds. The molecule has 0 spiro atoms. The molecule has 1 aliphatic rings. The molecule has 0 bridgehead atoms. The molecule has 0 aromatic carbocycles. The minimum atomic E-state index is -3.85. The number of hydrogen-bond acceptors (Lipinski definition) is 4. The predicted octanol–water partition coefficient (Wildman–Crippen LogP) is 2.59. The summed E-state index contributed by atoms with van der Waals surface area (Å²) in [5, 5.41) is 6.19. The van der Waals surface area contributed by atoms with E-state index >= 15 is 0 Å². The van der Waals surface area contributed by atoms with Gasteiger partial charge in [0.2, 0.25) is 0 Å². The molecule has 102 valence electrons. The van der Waals surface area contributed by atoms with Crippen molar-refractivity contribution in [3.63, 3.8) is 0 Å². The zero-order chi connectivity index (χ0) is 13.4. The average Bonchev–Trinajstić information content (AvgIpc) is 2.82. The molecular formula is C11H18ClN3O2S. The van der Waals surface area contributed by atoms with Crippen LogP contribution in [0.1, 0.15) is 51.8 Å². The molecule has 1 heterocycles. The van der Waals surface area contributed by atoms with Crippen LogP contribution in [0, 0.1) is 5.92 Å². The van der Waals surface area contributed by atoms with Crippen LogP contribution < -0.4 is 0 Å². The highest BCUT2D eigenvalue weighted by Crippen LogP contribution is 2.44. The van der Waals surface area contributed by atoms with Gasteiger partial charge in [0.15, 0.2) is 0 Å². The predicted molar refractivity (Wildman–Crippen MR) is 69.0 cm³/mol. The summed E-state index contributed by atoms with van der Waals surface area (Å²) in [5.41, 5.74) is -0.0546. The van der Waals surface area contributed by atoms with Gasteiger partial charge in [-0.15, -0.1) is 5.10 Å². The molecular weight excluding hydrogens is 274 g/mol. The maximum Gasteiger partial charge on any atom is 0.298 e. The Balaban J connectivity index is 2.35. The molecule has 2 rings (SSSR count). The summed E-state index contributed by atoms with van der Waals surface area (Å²) in [6, 6.07) is 0. The van der Waals surface area contributed by atoms with Crippen LogP contribution >= 0.6 is 10.7 Å². The third kappa shape index (κ3) is 2.69. The van der Waals surface area contributed by atoms with Gasteiger partial charge in [-0.25, -0.2) is 13.4 Å². The molecule has 1 aromatic heterocycles. The lowest BCUT2D eigenvalue weighted by molar-refractivity contribution is 0.329. The van der Waals surface area contributed by atoms with E-state index in [1.165, 1.54) is 0 Å². The van der Waals surface area contributed by atoms with Gasteiger partial charge in [-0.05, 0) is 25.2 Å². The van der Waals surface area contributed by atoms with Crippen molar-refractivity contribution in [2.45, 2.75) is 56.5 Å². The van der Waals surface area contributed by atoms with Crippen molar-refractivity contribution in [2.24, 2.45) is 5.92 Å². The lowest BCUT2D eigenvalue weighted by Gasteiger charge is -2.28. The van der Waals surface area contributed by atoms with Gasteiger partial charge >= 0.3 is 0 Å². The Morgan fingerprint density at radius 1 is 1.39 bits per heavy atom. The summed E-state index contributed by atoms with van der Waals surface area (Å²) in [5.74, 6) is 1.21. The summed E-state index contributed by atoms with van der Waals surface area (Å²) in [4.78, 5) is 4.10. The third-order valence-electron chi connectivity index (χ3n) is 3.54. The van der Waals surface area contributed by atoms with Gasteiger partial charge in [0.1, 0.15) is 5.82 Å². The molecule has 0 radical (unpaired) electrons. The fourth-order valence-electron chi connectivity index (χ4n) is 2.96. The first-order chi connectivity index (χ1) is 8.33. The van der Waals surface area contributed by atoms with Crippen molar-refractivity contribution in [3.8, 4) is 0 Å². The molecule has 1 aliphatic carbocycles. The van der Waals surface area contributed by atoms with Crippen molar-refractivity contribution >= 4 is 19.7 Å². The fraction of sp³-hybridized carbons (Fsp3) is 0.818. The lowest BCUT2D eigenvalue weighted by Crippen LogP contribution is -2.26. The van der Waals surface area contributed by atoms with Gasteiger partial charge in [-0.2, -0.15) is 0 Å². The zero-order valence-electron chi connectivity index (χ0n) is 10.6. The second kappa shape index (κ2) is 4.81. The second-order valence-electron chi connectivity index (χ2n) is 5.49. The van der Waals surface area contributed by atoms with Gasteiger partial charge in [0, 0.05) is 16.1 Å². The highest BCUT2D eigenvalue weighted by atomic mass is 35.7. The van der Waals surface area contributed by atoms with Crippen molar-refractivity contribution in [1.82, 2.24) is 15.2 Å². The topological polar surface area (TPSA) is 75.7 Å². The highest BCUT2D eigenvalue weighted by Gasteiger charge is 2.39. The summed E-state index contributed by atoms with van der Waals surface area (Å²) in [7, 11) is 1.41. The monoisotopic (exact) mass is 291 g/mol. The molecule has 0 atom stereocenters. The van der Waals surface area contributed by atoms with Crippen LogP contribution in [-0.2, 0) is 14.5 Å². The van der Waals surface area contributed by atoms with Crippen LogP contribution in [0.25, 0.3) is 0 Å². The van der Waals surface area contributed by atoms with Crippen LogP contribution in [0.3, 0.4) is 0 Å². The Labute approximate surface area is 112 Å². The van der Waals surface area contributed by atoms with E-state index < -0.39 is 9.05 Å². The fourth-order valence-corrected chi connectivity index (χ4v) is 3.53. The zero-order valence-corrected chi connectivity index (χ0v) is 12.2. The van der Waals surface area contributed by atoms with Crippen LogP contribution in [0.4, 0.5) is 0 Å². The Hall–Kier alpha value is -0.620. The number of aromatic nitrogens is 3. The molecule has 0 aliphatic heterocycles. The van der Waals surface area contributed by atoms with Crippen LogP contribution in [0.2, 0.25) is 0 Å². The average molecular weight is 292 g/mol. The number of nitrogens with zero attached hydrogens (tertiary/aromatic N) is 2. The van der Waals surface area contributed by atoms with E-state index in [0.717, 1.165) is 32.1 Å². The first-order valence-corrected chi connectivity index (χ1v) is 8.52. The Kier molecular flexibility index (Phi) is 3.69. The summed E-state index contributed by atoms with van der Waals surface area (Å²) in [6.07, 6.45) is 5.35. The highest BCUT2D eigenvalue weighted by molar-refractivity contribution is 8.13. The summed E-state index contributed by atoms with van der Waals surface area (Å²) >= 11 is 0. The second-order valence-corrected chi connectivity index (χ2v) is 7.95. The Bertz CT molecular complexity index is 518. The number of aromatic amines is 1. The molecule has 0 unspecified atom stereocenters. The number of hydrogen-bond donors (Lipinski definition) is 1. The van der Waals surface area contributed by atoms with Crippen molar-refractivity contribution in [1.29, 1.82) is 0 Å². The SMILES string of the molecule is CC(C)CC1(c2nc(S(=O)(=O)Cl)n[nH]2)CCCC1. The third-order valence-corrected chi connectivity index (χ3v) is 4.58. The van der Waals surface area contributed by atoms with Crippen molar-refractivity contribution in [2.75, 3.05) is 0 Å². The normalized spacial score (nSPS) is 19.6. The van der Waals surface area contributed by atoms with E-state index in [4.69, 9.17) is 10.7 Å². The minimum absolute atomic E-state index is 0.0546. The lowest BCUT2D eigenvalue weighted by atomic mass is 9.78. The van der Waals surface area contributed by atoms with Gasteiger partial charge in [-0.3, -0.25) is 5.10 Å². The quantitative estimate of drug-likeness (QED) is 0.865. The standard InChI is InChI=1S/C11H18ClN3O2S/c1-8(2)7-11(5-3-4-6-11)9-13-10(15-14-9)18(12,16)17/h8H,3-7H2,1-2H3,(H,13,14,15). The smallest absolute Gasteiger partial charge is 0.261 e. The van der Waals surface area contributed by atoms with Crippen molar-refractivity contribution < 1.29 is 8.42 Å². The van der Waals surface area contributed by atoms with E-state index in [1.807, 2.05) is 0 Å². The Morgan fingerprint density at radius 2 is 2.00 bits per heavy atom. The first kappa shape index (κ1) is 13.8. The van der Waals surface area contributed by atoms with Gasteiger partial charge < -0.3 is 0 Å². The molecule has 7 heteroatoms. The maximum absolute atomic E-state index is 11.2. The number of nitrogens with one attached hydrogen (secondary N) is 1. The molecule has 0 saturated heterocycles. The molecule has 1 saturated carbocycles. The minimum Gasteiger partial charge on any atom is -0.261 e. The Morgan fingerprint density at radius 3 is 2.44 bits per heavy atom. The summed E-state index contributed by atoms with van der Waals surface area (Å²) in [6.45, 7) is 4.32. The van der Waals surface area contributed by atoms with Crippen molar-refractivity contribution in [3.05, 3.63) is 5.82 Å².